The first-order valence-electron chi connectivity index (χ1n) is 5.88. The van der Waals surface area contributed by atoms with Gasteiger partial charge in [0.2, 0.25) is 0 Å². The molecule has 7 heteroatoms. The third kappa shape index (κ3) is 3.21. The number of anilines is 1. The molecule has 0 aliphatic rings. The molecule has 0 unspecified atom stereocenters. The summed E-state index contributed by atoms with van der Waals surface area (Å²) in [7, 11) is 0. The monoisotopic (exact) mass is 357 g/mol. The number of amides is 1. The van der Waals surface area contributed by atoms with E-state index in [9.17, 15) is 9.18 Å². The lowest BCUT2D eigenvalue weighted by molar-refractivity contribution is 0.102. The molecule has 0 saturated heterocycles. The van der Waals surface area contributed by atoms with Crippen LogP contribution < -0.4 is 5.32 Å². The van der Waals surface area contributed by atoms with Gasteiger partial charge in [-0.1, -0.05) is 25.3 Å². The molecule has 0 spiro atoms. The zero-order valence-corrected chi connectivity index (χ0v) is 13.6. The fourth-order valence-corrected chi connectivity index (χ4v) is 2.74. The third-order valence-electron chi connectivity index (χ3n) is 2.58. The van der Waals surface area contributed by atoms with Gasteiger partial charge in [-0.3, -0.25) is 4.79 Å². The molecule has 0 atom stereocenters. The number of nitrogens with one attached hydrogen (secondary N) is 1. The number of aromatic nitrogens is 2. The van der Waals surface area contributed by atoms with Crippen molar-refractivity contribution in [2.75, 3.05) is 5.32 Å². The van der Waals surface area contributed by atoms with E-state index in [2.05, 4.69) is 30.8 Å². The quantitative estimate of drug-likeness (QED) is 0.883. The second kappa shape index (κ2) is 5.57. The number of benzene rings is 1. The predicted molar refractivity (Wildman–Crippen MR) is 80.7 cm³/mol. The van der Waals surface area contributed by atoms with Gasteiger partial charge in [0.25, 0.3) is 5.91 Å². The average Bonchev–Trinajstić information content (AvgIpc) is 2.83. The van der Waals surface area contributed by atoms with E-state index in [1.165, 1.54) is 18.2 Å². The standard InChI is InChI=1S/C13H13BrFN3OS/c1-13(2,3)11-10(20-18-17-11)12(19)16-7-4-5-9(15)8(14)6-7/h4-6H,1-3H3,(H,16,19). The normalized spacial score (nSPS) is 11.4. The van der Waals surface area contributed by atoms with Crippen molar-refractivity contribution in [2.45, 2.75) is 26.2 Å². The molecule has 1 heterocycles. The molecule has 0 aliphatic carbocycles. The van der Waals surface area contributed by atoms with Crippen molar-refractivity contribution < 1.29 is 9.18 Å². The fourth-order valence-electron chi connectivity index (χ4n) is 1.59. The maximum Gasteiger partial charge on any atom is 0.269 e. The summed E-state index contributed by atoms with van der Waals surface area (Å²) in [6.45, 7) is 5.90. The van der Waals surface area contributed by atoms with Gasteiger partial charge in [-0.15, -0.1) is 5.10 Å². The van der Waals surface area contributed by atoms with Gasteiger partial charge in [0.05, 0.1) is 10.2 Å². The van der Waals surface area contributed by atoms with E-state index in [0.29, 0.717) is 20.7 Å². The topological polar surface area (TPSA) is 54.9 Å². The summed E-state index contributed by atoms with van der Waals surface area (Å²) in [5.41, 5.74) is 0.904. The van der Waals surface area contributed by atoms with E-state index in [0.717, 1.165) is 11.5 Å². The molecule has 4 nitrogen and oxygen atoms in total. The lowest BCUT2D eigenvalue weighted by atomic mass is 9.91. The molecule has 2 rings (SSSR count). The molecule has 0 fully saturated rings. The summed E-state index contributed by atoms with van der Waals surface area (Å²) in [5.74, 6) is -0.665. The highest BCUT2D eigenvalue weighted by atomic mass is 79.9. The Morgan fingerprint density at radius 2 is 2.10 bits per heavy atom. The van der Waals surface area contributed by atoms with Crippen molar-refractivity contribution in [2.24, 2.45) is 0 Å². The lowest BCUT2D eigenvalue weighted by Crippen LogP contribution is -2.19. The summed E-state index contributed by atoms with van der Waals surface area (Å²) < 4.78 is 17.3. The van der Waals surface area contributed by atoms with Crippen LogP contribution in [-0.2, 0) is 5.41 Å². The SMILES string of the molecule is CC(C)(C)c1nnsc1C(=O)Nc1ccc(F)c(Br)c1. The highest BCUT2D eigenvalue weighted by molar-refractivity contribution is 9.10. The minimum atomic E-state index is -0.377. The molecule has 0 saturated carbocycles. The Morgan fingerprint density at radius 3 is 2.70 bits per heavy atom. The van der Waals surface area contributed by atoms with Crippen molar-refractivity contribution in [1.29, 1.82) is 0 Å². The van der Waals surface area contributed by atoms with Crippen LogP contribution in [0.15, 0.2) is 22.7 Å². The number of hydrogen-bond acceptors (Lipinski definition) is 4. The Labute approximate surface area is 128 Å². The van der Waals surface area contributed by atoms with Gasteiger partial charge < -0.3 is 5.32 Å². The maximum absolute atomic E-state index is 13.2. The van der Waals surface area contributed by atoms with Crippen molar-refractivity contribution in [1.82, 2.24) is 9.59 Å². The number of hydrogen-bond donors (Lipinski definition) is 1. The predicted octanol–water partition coefficient (Wildman–Crippen LogP) is 3.99. The largest absolute Gasteiger partial charge is 0.321 e. The van der Waals surface area contributed by atoms with Crippen molar-refractivity contribution >= 4 is 39.1 Å². The van der Waals surface area contributed by atoms with Gasteiger partial charge in [-0.25, -0.2) is 4.39 Å². The Kier molecular flexibility index (Phi) is 4.19. The lowest BCUT2D eigenvalue weighted by Gasteiger charge is -2.16. The van der Waals surface area contributed by atoms with Gasteiger partial charge in [-0.2, -0.15) is 0 Å². The third-order valence-corrected chi connectivity index (χ3v) is 3.91. The average molecular weight is 358 g/mol. The van der Waals surface area contributed by atoms with Crippen LogP contribution in [0.3, 0.4) is 0 Å². The number of nitrogens with zero attached hydrogens (tertiary/aromatic N) is 2. The highest BCUT2D eigenvalue weighted by Crippen LogP contribution is 2.27. The van der Waals surface area contributed by atoms with E-state index in [-0.39, 0.29) is 17.1 Å². The molecule has 1 amide bonds. The van der Waals surface area contributed by atoms with Crippen molar-refractivity contribution in [3.63, 3.8) is 0 Å². The molecule has 0 radical (unpaired) electrons. The minimum absolute atomic E-state index is 0.261. The summed E-state index contributed by atoms with van der Waals surface area (Å²) in [6.07, 6.45) is 0. The molecule has 1 N–H and O–H groups in total. The van der Waals surface area contributed by atoms with Crippen LogP contribution >= 0.6 is 27.5 Å². The van der Waals surface area contributed by atoms with Gasteiger partial charge >= 0.3 is 0 Å². The first kappa shape index (κ1) is 15.1. The van der Waals surface area contributed by atoms with E-state index in [4.69, 9.17) is 0 Å². The van der Waals surface area contributed by atoms with Crippen molar-refractivity contribution in [3.05, 3.63) is 39.1 Å². The van der Waals surface area contributed by atoms with E-state index >= 15 is 0 Å². The smallest absolute Gasteiger partial charge is 0.269 e. The first-order valence-corrected chi connectivity index (χ1v) is 7.45. The molecular formula is C13H13BrFN3OS. The molecule has 1 aromatic carbocycles. The van der Waals surface area contributed by atoms with Gasteiger partial charge in [0.1, 0.15) is 10.7 Å². The molecule has 1 aromatic heterocycles. The van der Waals surface area contributed by atoms with Gasteiger partial charge in [0.15, 0.2) is 0 Å². The highest BCUT2D eigenvalue weighted by Gasteiger charge is 2.26. The number of halogens is 2. The van der Waals surface area contributed by atoms with E-state index in [1.807, 2.05) is 20.8 Å². The van der Waals surface area contributed by atoms with Crippen LogP contribution in [-0.4, -0.2) is 15.5 Å². The van der Waals surface area contributed by atoms with Crippen LogP contribution in [0.2, 0.25) is 0 Å². The molecule has 20 heavy (non-hydrogen) atoms. The fraction of sp³-hybridized carbons (Fsp3) is 0.308. The maximum atomic E-state index is 13.2. The molecule has 2 aromatic rings. The molecule has 106 valence electrons. The molecule has 0 bridgehead atoms. The summed E-state index contributed by atoms with van der Waals surface area (Å²) in [4.78, 5) is 12.7. The van der Waals surface area contributed by atoms with Crippen LogP contribution in [0, 0.1) is 5.82 Å². The van der Waals surface area contributed by atoms with Crippen molar-refractivity contribution in [3.8, 4) is 0 Å². The summed E-state index contributed by atoms with van der Waals surface area (Å²) in [6, 6.07) is 4.30. The zero-order valence-electron chi connectivity index (χ0n) is 11.2. The van der Waals surface area contributed by atoms with Crippen LogP contribution in [0.5, 0.6) is 0 Å². The van der Waals surface area contributed by atoms with Gasteiger partial charge in [-0.05, 0) is 45.7 Å². The number of carbonyl (C=O) groups is 1. The van der Waals surface area contributed by atoms with Gasteiger partial charge in [0, 0.05) is 11.1 Å². The number of rotatable bonds is 2. The Balaban J connectivity index is 2.25. The molecule has 0 aliphatic heterocycles. The molecular weight excluding hydrogens is 345 g/mol. The van der Waals surface area contributed by atoms with Crippen LogP contribution in [0.1, 0.15) is 36.1 Å². The number of carbonyl (C=O) groups excluding carboxylic acids is 1. The summed E-state index contributed by atoms with van der Waals surface area (Å²) >= 11 is 4.13. The second-order valence-electron chi connectivity index (χ2n) is 5.28. The second-order valence-corrected chi connectivity index (χ2v) is 6.89. The Morgan fingerprint density at radius 1 is 1.40 bits per heavy atom. The Hall–Kier alpha value is -1.34. The Bertz CT molecular complexity index is 651. The van der Waals surface area contributed by atoms with E-state index < -0.39 is 0 Å². The van der Waals surface area contributed by atoms with Crippen LogP contribution in [0.25, 0.3) is 0 Å². The first-order chi connectivity index (χ1) is 9.29. The van der Waals surface area contributed by atoms with E-state index in [1.54, 1.807) is 0 Å². The minimum Gasteiger partial charge on any atom is -0.321 e. The summed E-state index contributed by atoms with van der Waals surface area (Å²) in [5, 5.41) is 6.74. The zero-order chi connectivity index (χ0) is 14.9. The van der Waals surface area contributed by atoms with Crippen LogP contribution in [0.4, 0.5) is 10.1 Å².